The van der Waals surface area contributed by atoms with E-state index in [1.54, 1.807) is 0 Å². The standard InChI is InChI=1S/C12H19ClN4/c1-11(2)6-5-7-12(3,4)17(11)10-15-8-14-9(13)16-10/h8H,5-7H2,1-4H3. The molecule has 0 aliphatic carbocycles. The van der Waals surface area contributed by atoms with Gasteiger partial charge in [0.1, 0.15) is 6.33 Å². The maximum atomic E-state index is 5.86. The molecule has 4 nitrogen and oxygen atoms in total. The van der Waals surface area contributed by atoms with Crippen molar-refractivity contribution >= 4 is 17.5 Å². The lowest BCUT2D eigenvalue weighted by Crippen LogP contribution is -2.59. The molecular weight excluding hydrogens is 236 g/mol. The van der Waals surface area contributed by atoms with Crippen LogP contribution in [0, 0.1) is 0 Å². The predicted molar refractivity (Wildman–Crippen MR) is 69.3 cm³/mol. The van der Waals surface area contributed by atoms with Crippen LogP contribution < -0.4 is 4.90 Å². The zero-order valence-electron chi connectivity index (χ0n) is 10.9. The summed E-state index contributed by atoms with van der Waals surface area (Å²) in [6, 6.07) is 0. The molecule has 1 aromatic rings. The monoisotopic (exact) mass is 254 g/mol. The van der Waals surface area contributed by atoms with Crippen LogP contribution in [-0.2, 0) is 0 Å². The molecule has 2 rings (SSSR count). The number of nitrogens with zero attached hydrogens (tertiary/aromatic N) is 4. The lowest BCUT2D eigenvalue weighted by molar-refractivity contribution is 0.239. The van der Waals surface area contributed by atoms with E-state index in [2.05, 4.69) is 47.5 Å². The minimum Gasteiger partial charge on any atom is -0.330 e. The van der Waals surface area contributed by atoms with Crippen molar-refractivity contribution < 1.29 is 0 Å². The summed E-state index contributed by atoms with van der Waals surface area (Å²) in [6.45, 7) is 8.91. The number of piperidine rings is 1. The quantitative estimate of drug-likeness (QED) is 0.772. The molecule has 0 radical (unpaired) electrons. The molecule has 0 unspecified atom stereocenters. The van der Waals surface area contributed by atoms with Gasteiger partial charge in [0, 0.05) is 11.1 Å². The highest BCUT2D eigenvalue weighted by Gasteiger charge is 2.42. The molecule has 0 N–H and O–H groups in total. The first-order chi connectivity index (χ1) is 7.83. The van der Waals surface area contributed by atoms with Crippen LogP contribution in [0.5, 0.6) is 0 Å². The van der Waals surface area contributed by atoms with E-state index in [-0.39, 0.29) is 16.4 Å². The van der Waals surface area contributed by atoms with E-state index < -0.39 is 0 Å². The average molecular weight is 255 g/mol. The Morgan fingerprint density at radius 1 is 1.12 bits per heavy atom. The molecule has 1 aliphatic rings. The molecule has 17 heavy (non-hydrogen) atoms. The number of hydrogen-bond donors (Lipinski definition) is 0. The highest BCUT2D eigenvalue weighted by molar-refractivity contribution is 6.28. The van der Waals surface area contributed by atoms with Gasteiger partial charge in [0.25, 0.3) is 0 Å². The lowest BCUT2D eigenvalue weighted by atomic mass is 9.80. The van der Waals surface area contributed by atoms with Crippen molar-refractivity contribution in [1.29, 1.82) is 0 Å². The maximum Gasteiger partial charge on any atom is 0.230 e. The Labute approximate surface area is 107 Å². The molecule has 0 amide bonds. The molecule has 0 bridgehead atoms. The van der Waals surface area contributed by atoms with Crippen molar-refractivity contribution in [2.45, 2.75) is 58.0 Å². The Bertz CT molecular complexity index is 401. The van der Waals surface area contributed by atoms with E-state index in [1.807, 2.05) is 0 Å². The van der Waals surface area contributed by atoms with E-state index in [1.165, 1.54) is 12.7 Å². The number of aromatic nitrogens is 3. The van der Waals surface area contributed by atoms with Crippen molar-refractivity contribution in [2.24, 2.45) is 0 Å². The topological polar surface area (TPSA) is 41.9 Å². The highest BCUT2D eigenvalue weighted by Crippen LogP contribution is 2.40. The molecule has 0 aromatic carbocycles. The molecule has 5 heteroatoms. The van der Waals surface area contributed by atoms with Gasteiger partial charge in [-0.3, -0.25) is 0 Å². The number of halogens is 1. The Balaban J connectivity index is 2.45. The fraction of sp³-hybridized carbons (Fsp3) is 0.750. The third-order valence-corrected chi connectivity index (χ3v) is 3.70. The summed E-state index contributed by atoms with van der Waals surface area (Å²) >= 11 is 5.86. The van der Waals surface area contributed by atoms with Gasteiger partial charge in [0.2, 0.25) is 11.2 Å². The summed E-state index contributed by atoms with van der Waals surface area (Å²) in [6.07, 6.45) is 4.99. The number of hydrogen-bond acceptors (Lipinski definition) is 4. The first-order valence-corrected chi connectivity index (χ1v) is 6.36. The SMILES string of the molecule is CC1(C)CCCC(C)(C)N1c1ncnc(Cl)n1. The van der Waals surface area contributed by atoms with Gasteiger partial charge >= 0.3 is 0 Å². The summed E-state index contributed by atoms with van der Waals surface area (Å²) in [5.41, 5.74) is 0.0961. The van der Waals surface area contributed by atoms with Crippen LogP contribution in [0.1, 0.15) is 47.0 Å². The molecule has 1 aliphatic heterocycles. The van der Waals surface area contributed by atoms with E-state index in [4.69, 9.17) is 11.6 Å². The summed E-state index contributed by atoms with van der Waals surface area (Å²) in [5, 5.41) is 0.257. The summed E-state index contributed by atoms with van der Waals surface area (Å²) in [7, 11) is 0. The number of anilines is 1. The van der Waals surface area contributed by atoms with Crippen molar-refractivity contribution in [2.75, 3.05) is 4.90 Å². The van der Waals surface area contributed by atoms with Crippen LogP contribution in [0.3, 0.4) is 0 Å². The average Bonchev–Trinajstić information content (AvgIpc) is 2.14. The Morgan fingerprint density at radius 3 is 2.24 bits per heavy atom. The van der Waals surface area contributed by atoms with Gasteiger partial charge in [-0.2, -0.15) is 4.98 Å². The van der Waals surface area contributed by atoms with Gasteiger partial charge in [-0.25, -0.2) is 9.97 Å². The van der Waals surface area contributed by atoms with E-state index in [0.29, 0.717) is 5.95 Å². The zero-order valence-corrected chi connectivity index (χ0v) is 11.6. The van der Waals surface area contributed by atoms with Crippen LogP contribution in [0.2, 0.25) is 5.28 Å². The lowest BCUT2D eigenvalue weighted by Gasteiger charge is -2.52. The van der Waals surface area contributed by atoms with Gasteiger partial charge in [-0.05, 0) is 58.6 Å². The maximum absolute atomic E-state index is 5.86. The van der Waals surface area contributed by atoms with Gasteiger partial charge in [-0.1, -0.05) is 0 Å². The molecule has 1 saturated heterocycles. The fourth-order valence-electron chi connectivity index (χ4n) is 2.91. The molecule has 94 valence electrons. The summed E-state index contributed by atoms with van der Waals surface area (Å²) in [5.74, 6) is 0.680. The van der Waals surface area contributed by atoms with E-state index in [9.17, 15) is 0 Å². The molecular formula is C12H19ClN4. The minimum atomic E-state index is 0.0480. The normalized spacial score (nSPS) is 22.5. The Kier molecular flexibility index (Phi) is 3.02. The van der Waals surface area contributed by atoms with Crippen LogP contribution in [0.4, 0.5) is 5.95 Å². The molecule has 0 atom stereocenters. The molecule has 1 aromatic heterocycles. The third-order valence-electron chi connectivity index (χ3n) is 3.52. The summed E-state index contributed by atoms with van der Waals surface area (Å²) in [4.78, 5) is 14.7. The van der Waals surface area contributed by atoms with Crippen molar-refractivity contribution in [1.82, 2.24) is 15.0 Å². The van der Waals surface area contributed by atoms with Crippen LogP contribution in [0.25, 0.3) is 0 Å². The first kappa shape index (κ1) is 12.6. The predicted octanol–water partition coefficient (Wildman–Crippen LogP) is 3.07. The molecule has 1 fully saturated rings. The van der Waals surface area contributed by atoms with Crippen molar-refractivity contribution in [3.05, 3.63) is 11.6 Å². The first-order valence-electron chi connectivity index (χ1n) is 5.98. The highest BCUT2D eigenvalue weighted by atomic mass is 35.5. The van der Waals surface area contributed by atoms with Gasteiger partial charge in [0.05, 0.1) is 0 Å². The van der Waals surface area contributed by atoms with Gasteiger partial charge < -0.3 is 4.90 Å². The second-order valence-corrected chi connectivity index (χ2v) is 6.21. The third kappa shape index (κ3) is 2.37. The molecule has 0 spiro atoms. The smallest absolute Gasteiger partial charge is 0.230 e. The number of rotatable bonds is 1. The molecule has 0 saturated carbocycles. The zero-order chi connectivity index (χ0) is 12.7. The van der Waals surface area contributed by atoms with Gasteiger partial charge in [-0.15, -0.1) is 0 Å². The largest absolute Gasteiger partial charge is 0.330 e. The van der Waals surface area contributed by atoms with Crippen molar-refractivity contribution in [3.63, 3.8) is 0 Å². The molecule has 2 heterocycles. The Hall–Kier alpha value is -0.900. The van der Waals surface area contributed by atoms with E-state index >= 15 is 0 Å². The van der Waals surface area contributed by atoms with Crippen LogP contribution in [0.15, 0.2) is 6.33 Å². The second-order valence-electron chi connectivity index (χ2n) is 5.87. The van der Waals surface area contributed by atoms with E-state index in [0.717, 1.165) is 12.8 Å². The van der Waals surface area contributed by atoms with Crippen LogP contribution >= 0.6 is 11.6 Å². The minimum absolute atomic E-state index is 0.0480. The van der Waals surface area contributed by atoms with Gasteiger partial charge in [0.15, 0.2) is 0 Å². The van der Waals surface area contributed by atoms with Crippen LogP contribution in [-0.4, -0.2) is 26.0 Å². The van der Waals surface area contributed by atoms with Crippen molar-refractivity contribution in [3.8, 4) is 0 Å². The second kappa shape index (κ2) is 4.09. The Morgan fingerprint density at radius 2 is 1.71 bits per heavy atom. The summed E-state index contributed by atoms with van der Waals surface area (Å²) < 4.78 is 0. The fourth-order valence-corrected chi connectivity index (χ4v) is 3.03.